The van der Waals surface area contributed by atoms with Gasteiger partial charge >= 0.3 is 0 Å². The first-order valence-electron chi connectivity index (χ1n) is 10.1. The van der Waals surface area contributed by atoms with Crippen molar-refractivity contribution in [1.29, 1.82) is 0 Å². The molecule has 0 saturated carbocycles. The Morgan fingerprint density at radius 1 is 0.741 bits per heavy atom. The van der Waals surface area contributed by atoms with Crippen LogP contribution in [0.2, 0.25) is 0 Å². The van der Waals surface area contributed by atoms with Crippen LogP contribution in [0.25, 0.3) is 0 Å². The number of hydrogen-bond acceptors (Lipinski definition) is 6. The number of nitrogens with zero attached hydrogens (tertiary/aromatic N) is 4. The van der Waals surface area contributed by atoms with Crippen LogP contribution in [0.4, 0.5) is 0 Å². The molecular formula is C19H28N6O2. The maximum atomic E-state index is 5.62. The van der Waals surface area contributed by atoms with Crippen molar-refractivity contribution in [3.8, 4) is 0 Å². The molecule has 3 aliphatic heterocycles. The van der Waals surface area contributed by atoms with Crippen molar-refractivity contribution >= 4 is 0 Å². The number of rotatable bonds is 4. The fourth-order valence-electron chi connectivity index (χ4n) is 4.37. The van der Waals surface area contributed by atoms with Gasteiger partial charge < -0.3 is 9.47 Å². The lowest BCUT2D eigenvalue weighted by Gasteiger charge is -2.22. The summed E-state index contributed by atoms with van der Waals surface area (Å²) in [7, 11) is 0. The number of H-pyrrole nitrogens is 2. The van der Waals surface area contributed by atoms with Crippen LogP contribution in [0, 0.1) is 0 Å². The molecule has 0 unspecified atom stereocenters. The molecule has 0 spiro atoms. The number of hydrogen-bond donors (Lipinski definition) is 2. The number of fused-ring (bicyclic) bond motifs is 2. The van der Waals surface area contributed by atoms with Gasteiger partial charge in [-0.3, -0.25) is 20.0 Å². The van der Waals surface area contributed by atoms with Gasteiger partial charge in [0.25, 0.3) is 0 Å². The summed E-state index contributed by atoms with van der Waals surface area (Å²) < 4.78 is 11.2. The molecule has 8 nitrogen and oxygen atoms in total. The Hall–Kier alpha value is -1.74. The van der Waals surface area contributed by atoms with E-state index >= 15 is 0 Å². The Labute approximate surface area is 159 Å². The summed E-state index contributed by atoms with van der Waals surface area (Å²) in [5.74, 6) is 0. The summed E-state index contributed by atoms with van der Waals surface area (Å²) >= 11 is 0. The molecule has 5 rings (SSSR count). The maximum Gasteiger partial charge on any atom is 0.0820 e. The molecule has 0 bridgehead atoms. The van der Waals surface area contributed by atoms with Gasteiger partial charge in [-0.1, -0.05) is 0 Å². The second-order valence-electron chi connectivity index (χ2n) is 7.77. The molecule has 2 N–H and O–H groups in total. The minimum atomic E-state index is 0.702. The highest BCUT2D eigenvalue weighted by molar-refractivity contribution is 5.27. The third-order valence-electron chi connectivity index (χ3n) is 5.99. The van der Waals surface area contributed by atoms with Crippen LogP contribution in [0.3, 0.4) is 0 Å². The average Bonchev–Trinajstić information content (AvgIpc) is 3.22. The Kier molecular flexibility index (Phi) is 4.96. The molecule has 0 radical (unpaired) electrons. The van der Waals surface area contributed by atoms with Crippen LogP contribution in [-0.4, -0.2) is 69.6 Å². The molecule has 0 aliphatic carbocycles. The highest BCUT2D eigenvalue weighted by atomic mass is 16.5. The Bertz CT molecular complexity index is 721. The molecule has 1 saturated heterocycles. The van der Waals surface area contributed by atoms with E-state index in [0.29, 0.717) is 13.2 Å². The predicted octanol–water partition coefficient (Wildman–Crippen LogP) is 0.986. The number of ether oxygens (including phenoxy) is 2. The molecule has 27 heavy (non-hydrogen) atoms. The molecule has 1 fully saturated rings. The summed E-state index contributed by atoms with van der Waals surface area (Å²) in [5, 5.41) is 15.5. The minimum Gasteiger partial charge on any atom is -0.376 e. The fraction of sp³-hybridized carbons (Fsp3) is 0.684. The zero-order chi connectivity index (χ0) is 18.1. The summed E-state index contributed by atoms with van der Waals surface area (Å²) in [6.07, 6.45) is 3.08. The van der Waals surface area contributed by atoms with E-state index in [1.165, 1.54) is 28.9 Å². The summed E-state index contributed by atoms with van der Waals surface area (Å²) in [5.41, 5.74) is 7.42. The smallest absolute Gasteiger partial charge is 0.0820 e. The lowest BCUT2D eigenvalue weighted by Crippen LogP contribution is -2.31. The van der Waals surface area contributed by atoms with E-state index in [4.69, 9.17) is 9.47 Å². The van der Waals surface area contributed by atoms with Gasteiger partial charge in [-0.05, 0) is 19.5 Å². The Balaban J connectivity index is 1.19. The Morgan fingerprint density at radius 2 is 1.26 bits per heavy atom. The predicted molar refractivity (Wildman–Crippen MR) is 99.1 cm³/mol. The van der Waals surface area contributed by atoms with Gasteiger partial charge in [0, 0.05) is 61.5 Å². The van der Waals surface area contributed by atoms with Crippen LogP contribution in [0.1, 0.15) is 40.3 Å². The van der Waals surface area contributed by atoms with Crippen molar-refractivity contribution in [1.82, 2.24) is 30.2 Å². The van der Waals surface area contributed by atoms with E-state index in [1.807, 2.05) is 0 Å². The quantitative estimate of drug-likeness (QED) is 0.833. The fourth-order valence-corrected chi connectivity index (χ4v) is 4.37. The first-order valence-corrected chi connectivity index (χ1v) is 10.1. The lowest BCUT2D eigenvalue weighted by molar-refractivity contribution is 0.108. The maximum absolute atomic E-state index is 5.62. The first kappa shape index (κ1) is 17.4. The molecular weight excluding hydrogens is 344 g/mol. The van der Waals surface area contributed by atoms with E-state index < -0.39 is 0 Å². The van der Waals surface area contributed by atoms with E-state index in [9.17, 15) is 0 Å². The lowest BCUT2D eigenvalue weighted by atomic mass is 10.1. The zero-order valence-electron chi connectivity index (χ0n) is 15.8. The highest BCUT2D eigenvalue weighted by Gasteiger charge is 2.23. The van der Waals surface area contributed by atoms with Crippen molar-refractivity contribution in [2.75, 3.05) is 39.4 Å². The monoisotopic (exact) mass is 372 g/mol. The second-order valence-corrected chi connectivity index (χ2v) is 7.77. The molecule has 2 aromatic heterocycles. The third kappa shape index (κ3) is 3.67. The SMILES string of the molecule is C1CN(Cc2n[nH]c3c2COCC3)CCN(Cc2n[nH]c3c2COCC3)C1. The second kappa shape index (κ2) is 7.71. The van der Waals surface area contributed by atoms with Gasteiger partial charge in [0.2, 0.25) is 0 Å². The third-order valence-corrected chi connectivity index (χ3v) is 5.99. The van der Waals surface area contributed by atoms with Crippen molar-refractivity contribution < 1.29 is 9.47 Å². The average molecular weight is 372 g/mol. The van der Waals surface area contributed by atoms with Crippen LogP contribution in [-0.2, 0) is 48.6 Å². The van der Waals surface area contributed by atoms with Gasteiger partial charge in [0.05, 0.1) is 37.8 Å². The minimum absolute atomic E-state index is 0.702. The van der Waals surface area contributed by atoms with Crippen LogP contribution in [0.15, 0.2) is 0 Å². The molecule has 2 aromatic rings. The van der Waals surface area contributed by atoms with E-state index in [1.54, 1.807) is 0 Å². The molecule has 5 heterocycles. The van der Waals surface area contributed by atoms with Gasteiger partial charge in [-0.2, -0.15) is 10.2 Å². The van der Waals surface area contributed by atoms with E-state index in [-0.39, 0.29) is 0 Å². The van der Waals surface area contributed by atoms with Gasteiger partial charge in [-0.25, -0.2) is 0 Å². The molecule has 0 amide bonds. The summed E-state index contributed by atoms with van der Waals surface area (Å²) in [6, 6.07) is 0. The molecule has 0 aromatic carbocycles. The molecule has 8 heteroatoms. The van der Waals surface area contributed by atoms with E-state index in [0.717, 1.165) is 76.7 Å². The normalized spacial score (nSPS) is 21.6. The number of aromatic amines is 2. The Morgan fingerprint density at radius 3 is 1.78 bits per heavy atom. The first-order chi connectivity index (χ1) is 13.4. The van der Waals surface area contributed by atoms with Crippen molar-refractivity contribution in [3.63, 3.8) is 0 Å². The van der Waals surface area contributed by atoms with Gasteiger partial charge in [0.15, 0.2) is 0 Å². The van der Waals surface area contributed by atoms with Crippen molar-refractivity contribution in [3.05, 3.63) is 33.9 Å². The van der Waals surface area contributed by atoms with Gasteiger partial charge in [-0.15, -0.1) is 0 Å². The topological polar surface area (TPSA) is 82.3 Å². The van der Waals surface area contributed by atoms with E-state index in [2.05, 4.69) is 30.2 Å². The van der Waals surface area contributed by atoms with Crippen LogP contribution in [0.5, 0.6) is 0 Å². The highest BCUT2D eigenvalue weighted by Crippen LogP contribution is 2.22. The van der Waals surface area contributed by atoms with Crippen LogP contribution >= 0.6 is 0 Å². The van der Waals surface area contributed by atoms with Crippen LogP contribution < -0.4 is 0 Å². The number of aromatic nitrogens is 4. The number of nitrogens with one attached hydrogen (secondary N) is 2. The standard InChI is InChI=1S/C19H28N6O2/c1-4-24(10-18-14-12-26-8-2-16(14)20-22-18)6-7-25(5-1)11-19-15-13-27-9-3-17(15)21-23-19/h1-13H2,(H,20,22)(H,21,23). The van der Waals surface area contributed by atoms with Crippen molar-refractivity contribution in [2.24, 2.45) is 0 Å². The summed E-state index contributed by atoms with van der Waals surface area (Å²) in [6.45, 7) is 9.17. The molecule has 0 atom stereocenters. The summed E-state index contributed by atoms with van der Waals surface area (Å²) in [4.78, 5) is 5.04. The molecule has 146 valence electrons. The largest absolute Gasteiger partial charge is 0.376 e. The zero-order valence-corrected chi connectivity index (χ0v) is 15.8. The van der Waals surface area contributed by atoms with Crippen molar-refractivity contribution in [2.45, 2.75) is 45.6 Å². The molecule has 3 aliphatic rings. The van der Waals surface area contributed by atoms with Gasteiger partial charge in [0.1, 0.15) is 0 Å².